The topological polar surface area (TPSA) is 52.6 Å². The second-order valence-corrected chi connectivity index (χ2v) is 8.50. The molecule has 0 saturated heterocycles. The van der Waals surface area contributed by atoms with Crippen molar-refractivity contribution in [1.82, 2.24) is 0 Å². The summed E-state index contributed by atoms with van der Waals surface area (Å²) < 4.78 is 10.6. The van der Waals surface area contributed by atoms with Crippen LogP contribution in [0.15, 0.2) is 60.7 Å². The van der Waals surface area contributed by atoms with Gasteiger partial charge in [0, 0.05) is 0 Å². The van der Waals surface area contributed by atoms with Crippen molar-refractivity contribution in [1.29, 1.82) is 0 Å². The van der Waals surface area contributed by atoms with Crippen molar-refractivity contribution in [2.75, 3.05) is 13.2 Å². The number of esters is 2. The zero-order valence-corrected chi connectivity index (χ0v) is 16.1. The van der Waals surface area contributed by atoms with Crippen molar-refractivity contribution >= 4 is 26.9 Å². The third-order valence-electron chi connectivity index (χ3n) is 3.55. The summed E-state index contributed by atoms with van der Waals surface area (Å²) in [6.45, 7) is 3.51. The molecule has 0 bridgehead atoms. The van der Waals surface area contributed by atoms with Gasteiger partial charge in [0.05, 0.1) is 0 Å². The third kappa shape index (κ3) is 6.73. The van der Waals surface area contributed by atoms with Crippen LogP contribution in [0, 0.1) is 0 Å². The Balaban J connectivity index is 2.20. The first-order valence-corrected chi connectivity index (χ1v) is 10.1. The van der Waals surface area contributed by atoms with E-state index >= 15 is 0 Å². The molecule has 0 aliphatic carbocycles. The normalized spacial score (nSPS) is 12.9. The van der Waals surface area contributed by atoms with Crippen LogP contribution in [0.2, 0.25) is 0 Å². The molecule has 25 heavy (non-hydrogen) atoms. The van der Waals surface area contributed by atoms with Gasteiger partial charge in [-0.15, -0.1) is 0 Å². The van der Waals surface area contributed by atoms with E-state index in [0.717, 1.165) is 11.1 Å². The molecule has 2 aromatic carbocycles. The molecule has 0 saturated carbocycles. The Morgan fingerprint density at radius 1 is 0.760 bits per heavy atom. The SMILES string of the molecule is CC(=O)OCC([Se]C(COC(C)=O)c1ccccc1)c1ccccc1. The molecule has 0 aliphatic heterocycles. The molecule has 2 rings (SSSR count). The van der Waals surface area contributed by atoms with Crippen molar-refractivity contribution in [2.45, 2.75) is 23.5 Å². The molecular formula is C20H22O4Se. The van der Waals surface area contributed by atoms with Gasteiger partial charge in [0.15, 0.2) is 0 Å². The summed E-state index contributed by atoms with van der Waals surface area (Å²) >= 11 is 0.0353. The third-order valence-corrected chi connectivity index (χ3v) is 6.64. The molecular weight excluding hydrogens is 383 g/mol. The molecule has 0 spiro atoms. The van der Waals surface area contributed by atoms with Crippen LogP contribution in [-0.4, -0.2) is 40.1 Å². The first-order chi connectivity index (χ1) is 12.1. The van der Waals surface area contributed by atoms with Gasteiger partial charge >= 0.3 is 154 Å². The van der Waals surface area contributed by atoms with Crippen molar-refractivity contribution in [3.05, 3.63) is 71.8 Å². The molecule has 2 atom stereocenters. The number of ether oxygens (including phenoxy) is 2. The van der Waals surface area contributed by atoms with Crippen molar-refractivity contribution in [3.8, 4) is 0 Å². The van der Waals surface area contributed by atoms with Crippen molar-refractivity contribution in [3.63, 3.8) is 0 Å². The average molecular weight is 405 g/mol. The van der Waals surface area contributed by atoms with E-state index in [9.17, 15) is 9.59 Å². The van der Waals surface area contributed by atoms with Gasteiger partial charge in [-0.25, -0.2) is 0 Å². The summed E-state index contributed by atoms with van der Waals surface area (Å²) in [6, 6.07) is 20.0. The Kier molecular flexibility index (Phi) is 7.71. The summed E-state index contributed by atoms with van der Waals surface area (Å²) in [7, 11) is 0. The molecule has 0 radical (unpaired) electrons. The molecule has 5 heteroatoms. The summed E-state index contributed by atoms with van der Waals surface area (Å²) in [6.07, 6.45) is 0. The Hall–Kier alpha value is -2.10. The van der Waals surface area contributed by atoms with Crippen LogP contribution in [-0.2, 0) is 19.1 Å². The van der Waals surface area contributed by atoms with Crippen LogP contribution in [0.4, 0.5) is 0 Å². The number of carbonyl (C=O) groups is 2. The average Bonchev–Trinajstić information content (AvgIpc) is 2.62. The predicted octanol–water partition coefficient (Wildman–Crippen LogP) is 3.30. The molecule has 132 valence electrons. The number of hydrogen-bond acceptors (Lipinski definition) is 4. The van der Waals surface area contributed by atoms with Crippen LogP contribution in [0.5, 0.6) is 0 Å². The van der Waals surface area contributed by atoms with E-state index in [2.05, 4.69) is 0 Å². The van der Waals surface area contributed by atoms with E-state index in [-0.39, 0.29) is 36.5 Å². The van der Waals surface area contributed by atoms with Crippen LogP contribution in [0.25, 0.3) is 0 Å². The van der Waals surface area contributed by atoms with Crippen LogP contribution in [0.3, 0.4) is 0 Å². The quantitative estimate of drug-likeness (QED) is 0.500. The van der Waals surface area contributed by atoms with Gasteiger partial charge in [0.1, 0.15) is 0 Å². The molecule has 0 N–H and O–H groups in total. The molecule has 0 aliphatic rings. The summed E-state index contributed by atoms with van der Waals surface area (Å²) in [5, 5.41) is 0. The maximum absolute atomic E-state index is 11.3. The van der Waals surface area contributed by atoms with Gasteiger partial charge in [0.25, 0.3) is 0 Å². The molecule has 4 nitrogen and oxygen atoms in total. The Morgan fingerprint density at radius 2 is 1.12 bits per heavy atom. The van der Waals surface area contributed by atoms with Crippen LogP contribution >= 0.6 is 0 Å². The maximum atomic E-state index is 11.3. The fraction of sp³-hybridized carbons (Fsp3) is 0.300. The van der Waals surface area contributed by atoms with Crippen LogP contribution < -0.4 is 0 Å². The zero-order valence-electron chi connectivity index (χ0n) is 14.4. The molecule has 0 heterocycles. The molecule has 0 aromatic heterocycles. The molecule has 0 fully saturated rings. The summed E-state index contributed by atoms with van der Waals surface area (Å²) in [5.74, 6) is -0.569. The van der Waals surface area contributed by atoms with E-state index in [1.165, 1.54) is 13.8 Å². The number of carbonyl (C=O) groups excluding carboxylic acids is 2. The first kappa shape index (κ1) is 19.2. The minimum absolute atomic E-state index is 0.0353. The second kappa shape index (κ2) is 10.0. The van der Waals surface area contributed by atoms with Gasteiger partial charge in [-0.2, -0.15) is 0 Å². The van der Waals surface area contributed by atoms with E-state index in [0.29, 0.717) is 13.2 Å². The summed E-state index contributed by atoms with van der Waals surface area (Å²) in [5.41, 5.74) is 2.26. The fourth-order valence-corrected chi connectivity index (χ4v) is 5.11. The van der Waals surface area contributed by atoms with E-state index < -0.39 is 0 Å². The van der Waals surface area contributed by atoms with E-state index in [1.807, 2.05) is 60.7 Å². The van der Waals surface area contributed by atoms with E-state index in [4.69, 9.17) is 9.47 Å². The zero-order chi connectivity index (χ0) is 18.1. The minimum atomic E-state index is -0.284. The standard InChI is InChI=1S/C20H22O4Se/c1-15(21)23-13-19(17-9-5-3-6-10-17)25-20(14-24-16(2)22)18-11-7-4-8-12-18/h3-12,19-20H,13-14H2,1-2H3. The van der Waals surface area contributed by atoms with E-state index in [1.54, 1.807) is 0 Å². The Morgan fingerprint density at radius 3 is 1.44 bits per heavy atom. The first-order valence-electron chi connectivity index (χ1n) is 8.08. The molecule has 2 aromatic rings. The summed E-state index contributed by atoms with van der Waals surface area (Å²) in [4.78, 5) is 22.7. The number of hydrogen-bond donors (Lipinski definition) is 0. The van der Waals surface area contributed by atoms with Gasteiger partial charge in [-0.1, -0.05) is 0 Å². The van der Waals surface area contributed by atoms with Gasteiger partial charge < -0.3 is 0 Å². The predicted molar refractivity (Wildman–Crippen MR) is 97.4 cm³/mol. The van der Waals surface area contributed by atoms with Crippen LogP contribution in [0.1, 0.15) is 34.6 Å². The Bertz CT molecular complexity index is 613. The Labute approximate surface area is 154 Å². The van der Waals surface area contributed by atoms with Crippen molar-refractivity contribution < 1.29 is 19.1 Å². The van der Waals surface area contributed by atoms with Gasteiger partial charge in [-0.05, 0) is 0 Å². The number of rotatable bonds is 8. The molecule has 2 unspecified atom stereocenters. The van der Waals surface area contributed by atoms with Crippen molar-refractivity contribution in [2.24, 2.45) is 0 Å². The molecule has 0 amide bonds. The van der Waals surface area contributed by atoms with Gasteiger partial charge in [-0.3, -0.25) is 0 Å². The number of benzene rings is 2. The fourth-order valence-electron chi connectivity index (χ4n) is 2.35. The van der Waals surface area contributed by atoms with Gasteiger partial charge in [0.2, 0.25) is 0 Å². The monoisotopic (exact) mass is 406 g/mol. The second-order valence-electron chi connectivity index (χ2n) is 5.54.